The molecule has 1 saturated heterocycles. The number of likely N-dealkylation sites (tertiary alicyclic amines) is 1. The van der Waals surface area contributed by atoms with Gasteiger partial charge < -0.3 is 9.53 Å². The quantitative estimate of drug-likeness (QED) is 0.312. The van der Waals surface area contributed by atoms with E-state index in [4.69, 9.17) is 4.74 Å². The van der Waals surface area contributed by atoms with Crippen LogP contribution in [0.25, 0.3) is 0 Å². The van der Waals surface area contributed by atoms with Gasteiger partial charge in [0.05, 0.1) is 18.6 Å². The standard InChI is InChI=1S/C26H34N2O3/c1-2-3-6-20-15-21(17-25(27-30)26(20)19-8-9-19)22-16-23(28(18-22)12-13-29)10-11-24-7-4-5-14-31-24/h5,7,13-15,17,19,22-23H,2-4,6,8-12,16,18H2,1H3. The predicted molar refractivity (Wildman–Crippen MR) is 123 cm³/mol. The summed E-state index contributed by atoms with van der Waals surface area (Å²) in [5.74, 6) is 1.88. The highest BCUT2D eigenvalue weighted by Gasteiger charge is 2.35. The van der Waals surface area contributed by atoms with E-state index in [0.717, 1.165) is 63.5 Å². The molecule has 4 rings (SSSR count). The molecule has 1 aromatic carbocycles. The van der Waals surface area contributed by atoms with Crippen LogP contribution in [0.2, 0.25) is 0 Å². The third-order valence-corrected chi connectivity index (χ3v) is 6.98. The number of aldehydes is 1. The molecule has 0 N–H and O–H groups in total. The Bertz CT molecular complexity index is 856. The summed E-state index contributed by atoms with van der Waals surface area (Å²) in [7, 11) is 0. The molecular formula is C26H34N2O3. The van der Waals surface area contributed by atoms with Gasteiger partial charge in [0.1, 0.15) is 12.0 Å². The van der Waals surface area contributed by atoms with Gasteiger partial charge in [-0.2, -0.15) is 0 Å². The number of unbranched alkanes of at least 4 members (excludes halogenated alkanes) is 1. The van der Waals surface area contributed by atoms with Crippen molar-refractivity contribution in [1.82, 2.24) is 4.90 Å². The number of rotatable bonds is 11. The minimum Gasteiger partial charge on any atom is -0.470 e. The number of allylic oxidation sites excluding steroid dienone is 3. The highest BCUT2D eigenvalue weighted by molar-refractivity contribution is 5.57. The summed E-state index contributed by atoms with van der Waals surface area (Å²) in [6.07, 6.45) is 16.4. The van der Waals surface area contributed by atoms with Gasteiger partial charge in [0.15, 0.2) is 0 Å². The van der Waals surface area contributed by atoms with Crippen LogP contribution >= 0.6 is 0 Å². The highest BCUT2D eigenvalue weighted by Crippen LogP contribution is 2.48. The number of hydrogen-bond donors (Lipinski definition) is 0. The maximum atomic E-state index is 11.7. The fourth-order valence-corrected chi connectivity index (χ4v) is 5.20. The molecule has 0 radical (unpaired) electrons. The topological polar surface area (TPSA) is 59.0 Å². The molecule has 31 heavy (non-hydrogen) atoms. The lowest BCUT2D eigenvalue weighted by atomic mass is 9.88. The predicted octanol–water partition coefficient (Wildman–Crippen LogP) is 6.26. The SMILES string of the molecule is CCCCc1cc(C2CC(CCC3=CCC=CO3)N(CC=O)C2)cc(N=O)c1C1CC1. The van der Waals surface area contributed by atoms with E-state index in [9.17, 15) is 9.70 Å². The maximum absolute atomic E-state index is 11.7. The Morgan fingerprint density at radius 2 is 2.10 bits per heavy atom. The summed E-state index contributed by atoms with van der Waals surface area (Å²) < 4.78 is 5.61. The Balaban J connectivity index is 1.52. The number of carbonyl (C=O) groups is 1. The highest BCUT2D eigenvalue weighted by atomic mass is 16.5. The van der Waals surface area contributed by atoms with Gasteiger partial charge in [-0.05, 0) is 96.9 Å². The molecule has 1 saturated carbocycles. The van der Waals surface area contributed by atoms with Gasteiger partial charge in [0, 0.05) is 19.0 Å². The Morgan fingerprint density at radius 3 is 2.77 bits per heavy atom. The van der Waals surface area contributed by atoms with Crippen molar-refractivity contribution in [2.45, 2.75) is 82.6 Å². The lowest BCUT2D eigenvalue weighted by Gasteiger charge is -2.22. The molecule has 1 aromatic rings. The number of aryl methyl sites for hydroxylation is 1. The van der Waals surface area contributed by atoms with Crippen LogP contribution in [-0.4, -0.2) is 30.3 Å². The minimum absolute atomic E-state index is 0.334. The molecule has 5 nitrogen and oxygen atoms in total. The van der Waals surface area contributed by atoms with Crippen LogP contribution in [0.4, 0.5) is 5.69 Å². The lowest BCUT2D eigenvalue weighted by molar-refractivity contribution is -0.109. The van der Waals surface area contributed by atoms with Crippen LogP contribution in [0.15, 0.2) is 41.5 Å². The van der Waals surface area contributed by atoms with Gasteiger partial charge in [0.2, 0.25) is 0 Å². The van der Waals surface area contributed by atoms with E-state index >= 15 is 0 Å². The molecule has 0 aromatic heterocycles. The molecule has 5 heteroatoms. The molecule has 1 aliphatic carbocycles. The minimum atomic E-state index is 0.334. The molecule has 2 aliphatic heterocycles. The molecule has 3 aliphatic rings. The van der Waals surface area contributed by atoms with Crippen LogP contribution in [0.3, 0.4) is 0 Å². The first-order valence-electron chi connectivity index (χ1n) is 11.9. The van der Waals surface area contributed by atoms with Gasteiger partial charge in [-0.25, -0.2) is 0 Å². The second kappa shape index (κ2) is 10.4. The molecule has 2 unspecified atom stereocenters. The third kappa shape index (κ3) is 5.32. The summed E-state index contributed by atoms with van der Waals surface area (Å²) in [6.45, 7) is 3.53. The van der Waals surface area contributed by atoms with Crippen LogP contribution in [0, 0.1) is 4.91 Å². The van der Waals surface area contributed by atoms with Gasteiger partial charge in [-0.1, -0.05) is 19.4 Å². The van der Waals surface area contributed by atoms with E-state index in [0.29, 0.717) is 30.1 Å². The summed E-state index contributed by atoms with van der Waals surface area (Å²) in [5, 5.41) is 3.45. The van der Waals surface area contributed by atoms with Gasteiger partial charge in [0.25, 0.3) is 0 Å². The zero-order valence-electron chi connectivity index (χ0n) is 18.6. The lowest BCUT2D eigenvalue weighted by Crippen LogP contribution is -2.31. The van der Waals surface area contributed by atoms with E-state index in [-0.39, 0.29) is 0 Å². The van der Waals surface area contributed by atoms with Crippen molar-refractivity contribution in [3.8, 4) is 0 Å². The van der Waals surface area contributed by atoms with Gasteiger partial charge in [-0.3, -0.25) is 4.90 Å². The first-order chi connectivity index (χ1) is 15.2. The Labute approximate surface area is 185 Å². The number of hydrogen-bond acceptors (Lipinski definition) is 5. The van der Waals surface area contributed by atoms with E-state index < -0.39 is 0 Å². The molecule has 0 spiro atoms. The molecule has 166 valence electrons. The molecule has 0 amide bonds. The fourth-order valence-electron chi connectivity index (χ4n) is 5.20. The monoisotopic (exact) mass is 422 g/mol. The van der Waals surface area contributed by atoms with Crippen LogP contribution < -0.4 is 0 Å². The van der Waals surface area contributed by atoms with E-state index in [1.165, 1.54) is 29.5 Å². The van der Waals surface area contributed by atoms with Crippen molar-refractivity contribution < 1.29 is 9.53 Å². The summed E-state index contributed by atoms with van der Waals surface area (Å²) >= 11 is 0. The fraction of sp³-hybridized carbons (Fsp3) is 0.577. The molecule has 0 bridgehead atoms. The van der Waals surface area contributed by atoms with Crippen molar-refractivity contribution >= 4 is 12.0 Å². The first kappa shape index (κ1) is 21.9. The number of benzene rings is 1. The summed E-state index contributed by atoms with van der Waals surface area (Å²) in [5.41, 5.74) is 4.42. The van der Waals surface area contributed by atoms with Crippen molar-refractivity contribution in [2.75, 3.05) is 13.1 Å². The average molecular weight is 423 g/mol. The number of ether oxygens (including phenoxy) is 1. The van der Waals surface area contributed by atoms with Crippen molar-refractivity contribution in [3.05, 3.63) is 57.9 Å². The smallest absolute Gasteiger partial charge is 0.133 e. The van der Waals surface area contributed by atoms with Gasteiger partial charge >= 0.3 is 0 Å². The number of carbonyl (C=O) groups excluding carboxylic acids is 1. The average Bonchev–Trinajstić information content (AvgIpc) is 3.56. The molecular weight excluding hydrogens is 388 g/mol. The summed E-state index contributed by atoms with van der Waals surface area (Å²) in [6, 6.07) is 4.74. The maximum Gasteiger partial charge on any atom is 0.133 e. The second-order valence-electron chi connectivity index (χ2n) is 9.22. The first-order valence-corrected chi connectivity index (χ1v) is 11.9. The van der Waals surface area contributed by atoms with Crippen molar-refractivity contribution in [2.24, 2.45) is 5.18 Å². The Morgan fingerprint density at radius 1 is 1.23 bits per heavy atom. The van der Waals surface area contributed by atoms with Crippen LogP contribution in [-0.2, 0) is 16.0 Å². The van der Waals surface area contributed by atoms with Crippen LogP contribution in [0.5, 0.6) is 0 Å². The Kier molecular flexibility index (Phi) is 7.33. The van der Waals surface area contributed by atoms with Gasteiger partial charge in [-0.15, -0.1) is 4.91 Å². The third-order valence-electron chi connectivity index (χ3n) is 6.98. The van der Waals surface area contributed by atoms with E-state index in [2.05, 4.69) is 29.1 Å². The zero-order chi connectivity index (χ0) is 21.6. The molecule has 2 heterocycles. The largest absolute Gasteiger partial charge is 0.470 e. The number of nitrogens with zero attached hydrogens (tertiary/aromatic N) is 2. The van der Waals surface area contributed by atoms with Crippen LogP contribution in [0.1, 0.15) is 86.8 Å². The zero-order valence-corrected chi connectivity index (χ0v) is 18.6. The normalized spacial score (nSPS) is 23.5. The van der Waals surface area contributed by atoms with Crippen molar-refractivity contribution in [3.63, 3.8) is 0 Å². The second-order valence-corrected chi connectivity index (χ2v) is 9.22. The Hall–Kier alpha value is -2.27. The van der Waals surface area contributed by atoms with E-state index in [1.807, 2.05) is 12.1 Å². The molecule has 2 atom stereocenters. The number of nitroso groups, excluding NO2 is 1. The summed E-state index contributed by atoms with van der Waals surface area (Å²) in [4.78, 5) is 25.3. The van der Waals surface area contributed by atoms with E-state index in [1.54, 1.807) is 6.26 Å². The molecule has 2 fully saturated rings. The van der Waals surface area contributed by atoms with Crippen molar-refractivity contribution in [1.29, 1.82) is 0 Å².